The highest BCUT2D eigenvalue weighted by atomic mass is 19.4. The van der Waals surface area contributed by atoms with E-state index in [0.717, 1.165) is 36.4 Å². The van der Waals surface area contributed by atoms with Gasteiger partial charge in [-0.25, -0.2) is 4.98 Å². The van der Waals surface area contributed by atoms with Crippen LogP contribution in [0.3, 0.4) is 0 Å². The SMILES string of the molecule is O=C(/C=C/C(=O)Nc1cccc(C(F)(F)F)c1)NCCCCNc1cc(C(F)(F)F)nc2c(C(F)(F)F)cccc12. The summed E-state index contributed by atoms with van der Waals surface area (Å²) in [5.41, 5.74) is -4.90. The third-order valence-corrected chi connectivity index (χ3v) is 5.50. The topological polar surface area (TPSA) is 83.1 Å². The van der Waals surface area contributed by atoms with Gasteiger partial charge in [0.2, 0.25) is 11.8 Å². The molecule has 220 valence electrons. The molecule has 0 radical (unpaired) electrons. The molecular formula is C26H21F9N4O2. The number of carbonyl (C=O) groups is 2. The fraction of sp³-hybridized carbons (Fsp3) is 0.269. The van der Waals surface area contributed by atoms with Crippen LogP contribution in [-0.2, 0) is 28.1 Å². The van der Waals surface area contributed by atoms with E-state index in [-0.39, 0.29) is 29.9 Å². The van der Waals surface area contributed by atoms with Gasteiger partial charge in [-0.3, -0.25) is 9.59 Å². The monoisotopic (exact) mass is 592 g/mol. The molecule has 6 nitrogen and oxygen atoms in total. The first-order chi connectivity index (χ1) is 19.1. The fourth-order valence-electron chi connectivity index (χ4n) is 3.62. The van der Waals surface area contributed by atoms with Crippen molar-refractivity contribution in [3.63, 3.8) is 0 Å². The lowest BCUT2D eigenvalue weighted by Crippen LogP contribution is -2.23. The summed E-state index contributed by atoms with van der Waals surface area (Å²) in [6, 6.07) is 7.46. The number of alkyl halides is 9. The number of rotatable bonds is 9. The maximum atomic E-state index is 13.3. The van der Waals surface area contributed by atoms with Crippen LogP contribution in [0.1, 0.15) is 29.7 Å². The minimum atomic E-state index is -4.98. The quantitative estimate of drug-likeness (QED) is 0.145. The molecule has 0 saturated carbocycles. The van der Waals surface area contributed by atoms with Crippen molar-refractivity contribution in [2.45, 2.75) is 31.4 Å². The van der Waals surface area contributed by atoms with Crippen LogP contribution >= 0.6 is 0 Å². The number of hydrogen-bond acceptors (Lipinski definition) is 4. The third kappa shape index (κ3) is 8.85. The second kappa shape index (κ2) is 12.5. The minimum Gasteiger partial charge on any atom is -0.384 e. The summed E-state index contributed by atoms with van der Waals surface area (Å²) in [4.78, 5) is 27.0. The molecule has 0 bridgehead atoms. The molecular weight excluding hydrogens is 571 g/mol. The van der Waals surface area contributed by atoms with Gasteiger partial charge in [-0.1, -0.05) is 18.2 Å². The van der Waals surface area contributed by atoms with Crippen molar-refractivity contribution in [3.05, 3.63) is 77.5 Å². The van der Waals surface area contributed by atoms with E-state index in [2.05, 4.69) is 20.9 Å². The van der Waals surface area contributed by atoms with E-state index in [1.807, 2.05) is 0 Å². The molecule has 3 rings (SSSR count). The van der Waals surface area contributed by atoms with E-state index in [1.54, 1.807) is 0 Å². The van der Waals surface area contributed by atoms with Gasteiger partial charge in [0, 0.05) is 42.0 Å². The van der Waals surface area contributed by atoms with Crippen LogP contribution in [0.25, 0.3) is 10.9 Å². The smallest absolute Gasteiger partial charge is 0.384 e. The van der Waals surface area contributed by atoms with Gasteiger partial charge in [-0.05, 0) is 43.2 Å². The van der Waals surface area contributed by atoms with E-state index in [1.165, 1.54) is 12.1 Å². The predicted octanol–water partition coefficient (Wildman–Crippen LogP) is 6.79. The molecule has 0 aliphatic carbocycles. The second-order valence-electron chi connectivity index (χ2n) is 8.58. The number of unbranched alkanes of at least 4 members (excludes halogenated alkanes) is 1. The van der Waals surface area contributed by atoms with Gasteiger partial charge < -0.3 is 16.0 Å². The Hall–Kier alpha value is -4.30. The van der Waals surface area contributed by atoms with E-state index in [9.17, 15) is 49.1 Å². The van der Waals surface area contributed by atoms with Gasteiger partial charge in [0.1, 0.15) is 5.69 Å². The molecule has 0 fully saturated rings. The molecule has 0 aliphatic rings. The van der Waals surface area contributed by atoms with Crippen LogP contribution in [0.2, 0.25) is 0 Å². The Labute approximate surface area is 226 Å². The Morgan fingerprint density at radius 1 is 0.756 bits per heavy atom. The van der Waals surface area contributed by atoms with Gasteiger partial charge in [0.05, 0.1) is 16.6 Å². The molecule has 0 unspecified atom stereocenters. The third-order valence-electron chi connectivity index (χ3n) is 5.50. The zero-order chi connectivity index (χ0) is 30.4. The normalized spacial score (nSPS) is 12.5. The average Bonchev–Trinajstić information content (AvgIpc) is 2.87. The van der Waals surface area contributed by atoms with Gasteiger partial charge >= 0.3 is 18.5 Å². The van der Waals surface area contributed by atoms with Crippen LogP contribution in [0.4, 0.5) is 50.9 Å². The highest BCUT2D eigenvalue weighted by Crippen LogP contribution is 2.39. The fourth-order valence-corrected chi connectivity index (χ4v) is 3.62. The maximum absolute atomic E-state index is 13.3. The van der Waals surface area contributed by atoms with Gasteiger partial charge in [-0.15, -0.1) is 0 Å². The standard InChI is InChI=1S/C26H21F9N4O2/c27-24(28,29)15-5-3-6-16(13-15)38-22(41)10-9-21(40)37-12-2-1-11-36-19-14-20(26(33,34)35)39-23-17(19)7-4-8-18(23)25(30,31)32/h3-10,13-14H,1-2,11-12H2,(H,36,39)(H,37,40)(H,38,41)/b10-9+. The molecule has 15 heteroatoms. The van der Waals surface area contributed by atoms with Crippen molar-refractivity contribution in [2.75, 3.05) is 23.7 Å². The Bertz CT molecular complexity index is 1430. The van der Waals surface area contributed by atoms with E-state index in [0.29, 0.717) is 25.0 Å². The number of nitrogens with zero attached hydrogens (tertiary/aromatic N) is 1. The van der Waals surface area contributed by atoms with E-state index in [4.69, 9.17) is 0 Å². The summed E-state index contributed by atoms with van der Waals surface area (Å²) in [6.45, 7) is 0.140. The lowest BCUT2D eigenvalue weighted by atomic mass is 10.1. The number of nitrogens with one attached hydrogen (secondary N) is 3. The lowest BCUT2D eigenvalue weighted by molar-refractivity contribution is -0.142. The zero-order valence-corrected chi connectivity index (χ0v) is 20.8. The number of fused-ring (bicyclic) bond motifs is 1. The number of carbonyl (C=O) groups excluding carboxylic acids is 2. The number of para-hydroxylation sites is 1. The summed E-state index contributed by atoms with van der Waals surface area (Å²) in [7, 11) is 0. The summed E-state index contributed by atoms with van der Waals surface area (Å²) in [6.07, 6.45) is -12.2. The zero-order valence-electron chi connectivity index (χ0n) is 20.8. The summed E-state index contributed by atoms with van der Waals surface area (Å²) in [5.74, 6) is -1.54. The summed E-state index contributed by atoms with van der Waals surface area (Å²) >= 11 is 0. The van der Waals surface area contributed by atoms with Crippen LogP contribution in [0.15, 0.2) is 60.7 Å². The molecule has 0 atom stereocenters. The van der Waals surface area contributed by atoms with E-state index < -0.39 is 52.7 Å². The Morgan fingerprint density at radius 3 is 2.07 bits per heavy atom. The number of anilines is 2. The first-order valence-electron chi connectivity index (χ1n) is 11.8. The molecule has 2 amide bonds. The van der Waals surface area contributed by atoms with Gasteiger partial charge in [0.25, 0.3) is 0 Å². The average molecular weight is 592 g/mol. The summed E-state index contributed by atoms with van der Waals surface area (Å²) in [5, 5.41) is 7.18. The molecule has 2 aromatic carbocycles. The molecule has 1 heterocycles. The Balaban J connectivity index is 1.51. The molecule has 0 aliphatic heterocycles. The van der Waals surface area contributed by atoms with Crippen LogP contribution in [0, 0.1) is 0 Å². The minimum absolute atomic E-state index is 0.0533. The van der Waals surface area contributed by atoms with Crippen LogP contribution < -0.4 is 16.0 Å². The number of amides is 2. The van der Waals surface area contributed by atoms with Crippen molar-refractivity contribution < 1.29 is 49.1 Å². The van der Waals surface area contributed by atoms with Gasteiger partial charge in [-0.2, -0.15) is 39.5 Å². The number of hydrogen-bond donors (Lipinski definition) is 3. The Morgan fingerprint density at radius 2 is 1.41 bits per heavy atom. The highest BCUT2D eigenvalue weighted by molar-refractivity contribution is 6.03. The summed E-state index contributed by atoms with van der Waals surface area (Å²) < 4.78 is 118. The number of benzene rings is 2. The van der Waals surface area contributed by atoms with Crippen LogP contribution in [0.5, 0.6) is 0 Å². The molecule has 0 saturated heterocycles. The lowest BCUT2D eigenvalue weighted by Gasteiger charge is -2.16. The van der Waals surface area contributed by atoms with Crippen molar-refractivity contribution >= 4 is 34.1 Å². The van der Waals surface area contributed by atoms with Crippen molar-refractivity contribution in [2.24, 2.45) is 0 Å². The molecule has 3 aromatic rings. The molecule has 3 N–H and O–H groups in total. The van der Waals surface area contributed by atoms with Crippen LogP contribution in [-0.4, -0.2) is 29.9 Å². The second-order valence-corrected chi connectivity index (χ2v) is 8.58. The maximum Gasteiger partial charge on any atom is 0.433 e. The molecule has 0 spiro atoms. The largest absolute Gasteiger partial charge is 0.433 e. The van der Waals surface area contributed by atoms with Gasteiger partial charge in [0.15, 0.2) is 0 Å². The first kappa shape index (κ1) is 31.2. The predicted molar refractivity (Wildman–Crippen MR) is 132 cm³/mol. The molecule has 1 aromatic heterocycles. The number of aromatic nitrogens is 1. The number of pyridine rings is 1. The van der Waals surface area contributed by atoms with Crippen molar-refractivity contribution in [1.82, 2.24) is 10.3 Å². The van der Waals surface area contributed by atoms with E-state index >= 15 is 0 Å². The number of halogens is 9. The highest BCUT2D eigenvalue weighted by Gasteiger charge is 2.37. The van der Waals surface area contributed by atoms with Crippen molar-refractivity contribution in [1.29, 1.82) is 0 Å². The van der Waals surface area contributed by atoms with Crippen molar-refractivity contribution in [3.8, 4) is 0 Å². The molecule has 41 heavy (non-hydrogen) atoms. The Kier molecular flexibility index (Phi) is 9.50. The first-order valence-corrected chi connectivity index (χ1v) is 11.8.